The summed E-state index contributed by atoms with van der Waals surface area (Å²) in [5.74, 6) is 1.79. The molecular weight excluding hydrogens is 521 g/mol. The fourth-order valence-electron chi connectivity index (χ4n) is 2.97. The van der Waals surface area contributed by atoms with E-state index < -0.39 is 15.6 Å². The fraction of sp³-hybridized carbons (Fsp3) is 0.333. The third-order valence-corrected chi connectivity index (χ3v) is 5.62. The molecule has 0 fully saturated rings. The number of anilines is 3. The number of unbranched alkanes of at least 4 members (excludes halogenated alkanes) is 2. The second kappa shape index (κ2) is 15.1. The van der Waals surface area contributed by atoms with E-state index in [1.807, 2.05) is 42.5 Å². The summed E-state index contributed by atoms with van der Waals surface area (Å²) in [6, 6.07) is 26.5. The largest absolute Gasteiger partial charge is 0.522 e. The van der Waals surface area contributed by atoms with Crippen molar-refractivity contribution in [3.8, 4) is 11.5 Å². The van der Waals surface area contributed by atoms with Crippen LogP contribution in [0.3, 0.4) is 0 Å². The maximum atomic E-state index is 10.7. The molecule has 0 unspecified atom stereocenters. The van der Waals surface area contributed by atoms with E-state index in [0.717, 1.165) is 67.5 Å². The van der Waals surface area contributed by atoms with Gasteiger partial charge in [0.2, 0.25) is 0 Å². The Morgan fingerprint density at radius 3 is 1.50 bits per heavy atom. The molecule has 3 rings (SSSR count). The summed E-state index contributed by atoms with van der Waals surface area (Å²) in [4.78, 5) is 0. The first-order chi connectivity index (χ1) is 18.0. The number of hydrazine groups is 1. The number of nitrogens with one attached hydrogen (secondary N) is 1. The lowest BCUT2D eigenvalue weighted by Gasteiger charge is -2.27. The van der Waals surface area contributed by atoms with Crippen LogP contribution in [0.4, 0.5) is 30.2 Å². The predicted octanol–water partition coefficient (Wildman–Crippen LogP) is 7.60. The van der Waals surface area contributed by atoms with E-state index in [0.29, 0.717) is 0 Å². The van der Waals surface area contributed by atoms with Crippen molar-refractivity contribution >= 4 is 27.2 Å². The monoisotopic (exact) mass is 554 g/mol. The number of rotatable bonds is 12. The molecule has 0 heterocycles. The second-order valence-electron chi connectivity index (χ2n) is 8.13. The summed E-state index contributed by atoms with van der Waals surface area (Å²) in [6.07, 6.45) is 4.39. The molecule has 0 aliphatic rings. The summed E-state index contributed by atoms with van der Waals surface area (Å²) < 4.78 is 69.2. The normalized spacial score (nSPS) is 11.2. The highest BCUT2D eigenvalue weighted by Crippen LogP contribution is 2.29. The van der Waals surface area contributed by atoms with Crippen molar-refractivity contribution in [2.45, 2.75) is 45.0 Å². The minimum Gasteiger partial charge on any atom is -0.494 e. The third-order valence-electron chi connectivity index (χ3n) is 5.03. The highest BCUT2D eigenvalue weighted by molar-refractivity contribution is 7.86. The molecule has 0 aliphatic carbocycles. The maximum absolute atomic E-state index is 10.7. The topological polar surface area (TPSA) is 88.1 Å². The minimum atomic E-state index is -5.84. The average molecular weight is 555 g/mol. The minimum absolute atomic E-state index is 0.751. The number of alkyl halides is 3. The Balaban J connectivity index is 0.000000550. The van der Waals surface area contributed by atoms with Crippen molar-refractivity contribution in [2.75, 3.05) is 23.6 Å². The zero-order valence-electron chi connectivity index (χ0n) is 21.3. The number of para-hydroxylation sites is 1. The molecule has 0 saturated heterocycles. The van der Waals surface area contributed by atoms with E-state index in [-0.39, 0.29) is 0 Å². The van der Waals surface area contributed by atoms with Crippen LogP contribution in [0.25, 0.3) is 0 Å². The zero-order chi connectivity index (χ0) is 28.0. The van der Waals surface area contributed by atoms with Gasteiger partial charge in [-0.05, 0) is 73.5 Å². The maximum Gasteiger partial charge on any atom is 0.522 e. The van der Waals surface area contributed by atoms with E-state index in [9.17, 15) is 13.2 Å². The first kappa shape index (κ1) is 30.8. The van der Waals surface area contributed by atoms with Gasteiger partial charge in [-0.25, -0.2) is 0 Å². The highest BCUT2D eigenvalue weighted by Gasteiger charge is 2.44. The van der Waals surface area contributed by atoms with Gasteiger partial charge in [0.05, 0.1) is 30.3 Å². The number of ether oxygens (including phenoxy) is 2. The zero-order valence-corrected chi connectivity index (χ0v) is 22.1. The van der Waals surface area contributed by atoms with Crippen molar-refractivity contribution < 1.29 is 35.6 Å². The van der Waals surface area contributed by atoms with Crippen LogP contribution in [0.2, 0.25) is 0 Å². The fourth-order valence-corrected chi connectivity index (χ4v) is 2.97. The van der Waals surface area contributed by atoms with E-state index in [2.05, 4.69) is 60.7 Å². The molecule has 0 amide bonds. The molecule has 2 N–H and O–H groups in total. The Morgan fingerprint density at radius 2 is 1.16 bits per heavy atom. The molecule has 0 saturated carbocycles. The van der Waals surface area contributed by atoms with Crippen LogP contribution in [0.15, 0.2) is 78.9 Å². The van der Waals surface area contributed by atoms with Crippen molar-refractivity contribution in [2.24, 2.45) is 0 Å². The third kappa shape index (κ3) is 10.5. The predicted molar refractivity (Wildman–Crippen MR) is 143 cm³/mol. The Bertz CT molecular complexity index is 1120. The Kier molecular flexibility index (Phi) is 12.2. The van der Waals surface area contributed by atoms with Crippen molar-refractivity contribution in [1.82, 2.24) is 0 Å². The molecule has 208 valence electrons. The molecule has 0 aromatic heterocycles. The van der Waals surface area contributed by atoms with Crippen LogP contribution in [-0.2, 0) is 10.1 Å². The molecule has 0 spiro atoms. The van der Waals surface area contributed by atoms with Gasteiger partial charge in [0, 0.05) is 0 Å². The Hall–Kier alpha value is -3.44. The number of nitrogens with zero attached hydrogens (tertiary/aromatic N) is 1. The molecule has 0 radical (unpaired) electrons. The second-order valence-corrected chi connectivity index (χ2v) is 9.54. The van der Waals surface area contributed by atoms with Crippen LogP contribution in [0, 0.1) is 0 Å². The molecular formula is C27H33F3N2O5S. The van der Waals surface area contributed by atoms with E-state index in [1.54, 1.807) is 0 Å². The van der Waals surface area contributed by atoms with Gasteiger partial charge < -0.3 is 9.47 Å². The van der Waals surface area contributed by atoms with Gasteiger partial charge in [-0.3, -0.25) is 15.0 Å². The first-order valence-corrected chi connectivity index (χ1v) is 13.6. The molecule has 38 heavy (non-hydrogen) atoms. The SMILES string of the molecule is CCCCOc1ccc(N(Nc2ccccc2)c2ccc(OCCCC)cc2)cc1.O=S(=O)(O)C(F)(F)F. The molecule has 11 heteroatoms. The highest BCUT2D eigenvalue weighted by atomic mass is 32.2. The quantitative estimate of drug-likeness (QED) is 0.103. The number of benzene rings is 3. The lowest BCUT2D eigenvalue weighted by molar-refractivity contribution is -0.0510. The number of halogens is 3. The lowest BCUT2D eigenvalue weighted by atomic mass is 10.2. The Labute approximate surface area is 221 Å². The molecule has 7 nitrogen and oxygen atoms in total. The lowest BCUT2D eigenvalue weighted by Crippen LogP contribution is -2.24. The summed E-state index contributed by atoms with van der Waals surface area (Å²) in [7, 11) is -5.84. The van der Waals surface area contributed by atoms with Crippen LogP contribution < -0.4 is 19.9 Å². The standard InChI is InChI=1S/C26H32N2O2.CHF3O3S/c1-3-5-20-29-25-16-12-23(13-17-25)28(27-22-10-8-7-9-11-22)24-14-18-26(19-15-24)30-21-6-4-2;2-1(3,4)8(5,6)7/h7-19,27H,3-6,20-21H2,1-2H3;(H,5,6,7). The van der Waals surface area contributed by atoms with Gasteiger partial charge >= 0.3 is 15.6 Å². The molecule has 3 aromatic carbocycles. The molecule has 0 bridgehead atoms. The van der Waals surface area contributed by atoms with Gasteiger partial charge in [-0.1, -0.05) is 44.9 Å². The van der Waals surface area contributed by atoms with E-state index in [1.165, 1.54) is 0 Å². The first-order valence-electron chi connectivity index (χ1n) is 12.2. The van der Waals surface area contributed by atoms with E-state index >= 15 is 0 Å². The number of hydrogen-bond donors (Lipinski definition) is 2. The van der Waals surface area contributed by atoms with Gasteiger partial charge in [0.25, 0.3) is 0 Å². The van der Waals surface area contributed by atoms with Crippen molar-refractivity contribution in [3.05, 3.63) is 78.9 Å². The summed E-state index contributed by atoms with van der Waals surface area (Å²) in [6.45, 7) is 5.84. The van der Waals surface area contributed by atoms with Crippen LogP contribution in [-0.4, -0.2) is 31.7 Å². The van der Waals surface area contributed by atoms with Crippen LogP contribution in [0.1, 0.15) is 39.5 Å². The van der Waals surface area contributed by atoms with Gasteiger partial charge in [0.15, 0.2) is 0 Å². The smallest absolute Gasteiger partial charge is 0.494 e. The summed E-state index contributed by atoms with van der Waals surface area (Å²) in [5, 5.41) is 2.07. The van der Waals surface area contributed by atoms with Crippen LogP contribution in [0.5, 0.6) is 11.5 Å². The molecule has 0 atom stereocenters. The molecule has 0 aliphatic heterocycles. The van der Waals surface area contributed by atoms with E-state index in [4.69, 9.17) is 22.4 Å². The van der Waals surface area contributed by atoms with Crippen molar-refractivity contribution in [1.29, 1.82) is 0 Å². The van der Waals surface area contributed by atoms with Crippen LogP contribution >= 0.6 is 0 Å². The van der Waals surface area contributed by atoms with Gasteiger partial charge in [-0.15, -0.1) is 0 Å². The summed E-state index contributed by atoms with van der Waals surface area (Å²) in [5.41, 5.74) is 1.05. The number of hydrogen-bond acceptors (Lipinski definition) is 6. The van der Waals surface area contributed by atoms with Crippen molar-refractivity contribution in [3.63, 3.8) is 0 Å². The van der Waals surface area contributed by atoms with Gasteiger partial charge in [0.1, 0.15) is 11.5 Å². The molecule has 3 aromatic rings. The average Bonchev–Trinajstić information content (AvgIpc) is 2.88. The summed E-state index contributed by atoms with van der Waals surface area (Å²) >= 11 is 0. The van der Waals surface area contributed by atoms with Gasteiger partial charge in [-0.2, -0.15) is 21.6 Å². The Morgan fingerprint density at radius 1 is 0.763 bits per heavy atom.